The zero-order valence-electron chi connectivity index (χ0n) is 18.5. The van der Waals surface area contributed by atoms with E-state index in [0.717, 1.165) is 71.1 Å². The predicted octanol–water partition coefficient (Wildman–Crippen LogP) is 2.29. The number of nitrogens with one attached hydrogen (secondary N) is 3. The zero-order chi connectivity index (χ0) is 20.6. The van der Waals surface area contributed by atoms with Crippen molar-refractivity contribution in [3.05, 3.63) is 0 Å². The molecule has 6 nitrogen and oxygen atoms in total. The predicted molar refractivity (Wildman–Crippen MR) is 117 cm³/mol. The van der Waals surface area contributed by atoms with Gasteiger partial charge >= 0.3 is 0 Å². The van der Waals surface area contributed by atoms with Crippen molar-refractivity contribution in [1.29, 1.82) is 0 Å². The maximum absolute atomic E-state index is 12.7. The van der Waals surface area contributed by atoms with Crippen molar-refractivity contribution < 1.29 is 9.59 Å². The smallest absolute Gasteiger partial charge is 0.237 e. The molecule has 2 heterocycles. The molecule has 3 aliphatic rings. The lowest BCUT2D eigenvalue weighted by atomic mass is 9.86. The van der Waals surface area contributed by atoms with Crippen molar-refractivity contribution in [3.63, 3.8) is 0 Å². The van der Waals surface area contributed by atoms with Gasteiger partial charge in [0.15, 0.2) is 0 Å². The highest BCUT2D eigenvalue weighted by molar-refractivity contribution is 5.82. The van der Waals surface area contributed by atoms with Crippen molar-refractivity contribution in [2.24, 2.45) is 17.8 Å². The van der Waals surface area contributed by atoms with E-state index in [4.69, 9.17) is 0 Å². The number of piperidine rings is 1. The number of hydrogen-bond donors (Lipinski definition) is 3. The molecule has 29 heavy (non-hydrogen) atoms. The van der Waals surface area contributed by atoms with Crippen molar-refractivity contribution in [3.8, 4) is 0 Å². The van der Waals surface area contributed by atoms with E-state index in [2.05, 4.69) is 27.8 Å². The van der Waals surface area contributed by atoms with Crippen LogP contribution >= 0.6 is 0 Å². The molecular weight excluding hydrogens is 364 g/mol. The topological polar surface area (TPSA) is 73.5 Å². The summed E-state index contributed by atoms with van der Waals surface area (Å²) in [6.45, 7) is 5.76. The molecule has 0 aromatic carbocycles. The number of likely N-dealkylation sites (tertiary alicyclic amines) is 1. The molecule has 0 aromatic heterocycles. The van der Waals surface area contributed by atoms with E-state index >= 15 is 0 Å². The molecule has 1 saturated carbocycles. The third-order valence-electron chi connectivity index (χ3n) is 7.46. The minimum atomic E-state index is -0.0441. The number of rotatable bonds is 8. The fourth-order valence-corrected chi connectivity index (χ4v) is 5.51. The molecule has 2 aliphatic heterocycles. The summed E-state index contributed by atoms with van der Waals surface area (Å²) in [6, 6.07) is 0.345. The van der Waals surface area contributed by atoms with E-state index in [0.29, 0.717) is 29.7 Å². The Kier molecular flexibility index (Phi) is 8.79. The molecule has 3 rings (SSSR count). The molecule has 2 saturated heterocycles. The van der Waals surface area contributed by atoms with Gasteiger partial charge in [-0.1, -0.05) is 19.3 Å². The second kappa shape index (κ2) is 11.3. The van der Waals surface area contributed by atoms with Gasteiger partial charge in [0.1, 0.15) is 0 Å². The lowest BCUT2D eigenvalue weighted by molar-refractivity contribution is -0.138. The summed E-state index contributed by atoms with van der Waals surface area (Å²) in [5.41, 5.74) is 0. The van der Waals surface area contributed by atoms with Crippen LogP contribution in [0.25, 0.3) is 0 Å². The third kappa shape index (κ3) is 6.42. The minimum Gasteiger partial charge on any atom is -0.355 e. The Morgan fingerprint density at radius 3 is 2.48 bits per heavy atom. The summed E-state index contributed by atoms with van der Waals surface area (Å²) in [5.74, 6) is 2.10. The van der Waals surface area contributed by atoms with E-state index < -0.39 is 0 Å². The van der Waals surface area contributed by atoms with Crippen LogP contribution in [-0.2, 0) is 9.59 Å². The Bertz CT molecular complexity index is 527. The van der Waals surface area contributed by atoms with Crippen molar-refractivity contribution in [2.75, 3.05) is 33.2 Å². The normalized spacial score (nSPS) is 29.2. The van der Waals surface area contributed by atoms with E-state index in [1.165, 1.54) is 19.3 Å². The monoisotopic (exact) mass is 406 g/mol. The van der Waals surface area contributed by atoms with Gasteiger partial charge in [0.2, 0.25) is 11.8 Å². The van der Waals surface area contributed by atoms with Crippen LogP contribution in [0.3, 0.4) is 0 Å². The van der Waals surface area contributed by atoms with Crippen molar-refractivity contribution in [2.45, 2.75) is 83.2 Å². The fourth-order valence-electron chi connectivity index (χ4n) is 5.51. The minimum absolute atomic E-state index is 0.0441. The summed E-state index contributed by atoms with van der Waals surface area (Å²) in [5, 5.41) is 9.78. The van der Waals surface area contributed by atoms with Gasteiger partial charge in [-0.25, -0.2) is 0 Å². The quantitative estimate of drug-likeness (QED) is 0.541. The van der Waals surface area contributed by atoms with Gasteiger partial charge < -0.3 is 20.9 Å². The lowest BCUT2D eigenvalue weighted by Gasteiger charge is -2.35. The molecule has 0 radical (unpaired) electrons. The Morgan fingerprint density at radius 2 is 1.79 bits per heavy atom. The van der Waals surface area contributed by atoms with Crippen LogP contribution in [0.5, 0.6) is 0 Å². The Hall–Kier alpha value is -1.14. The molecule has 0 spiro atoms. The van der Waals surface area contributed by atoms with Crippen LogP contribution in [-0.4, -0.2) is 62.0 Å². The van der Waals surface area contributed by atoms with Crippen molar-refractivity contribution in [1.82, 2.24) is 20.9 Å². The molecule has 3 N–H and O–H groups in total. The Balaban J connectivity index is 1.27. The summed E-state index contributed by atoms with van der Waals surface area (Å²) in [7, 11) is 1.97. The molecule has 3 fully saturated rings. The molecule has 2 amide bonds. The van der Waals surface area contributed by atoms with Crippen LogP contribution in [0.15, 0.2) is 0 Å². The van der Waals surface area contributed by atoms with Crippen LogP contribution < -0.4 is 16.0 Å². The van der Waals surface area contributed by atoms with Crippen LogP contribution in [0.2, 0.25) is 0 Å². The molecule has 1 aliphatic carbocycles. The number of carbonyl (C=O) groups excluding carboxylic acids is 2. The van der Waals surface area contributed by atoms with Gasteiger partial charge in [-0.05, 0) is 77.3 Å². The van der Waals surface area contributed by atoms with Crippen LogP contribution in [0, 0.1) is 17.8 Å². The average molecular weight is 407 g/mol. The number of nitrogens with zero attached hydrogens (tertiary/aromatic N) is 1. The molecule has 0 aromatic rings. The highest BCUT2D eigenvalue weighted by Gasteiger charge is 2.34. The summed E-state index contributed by atoms with van der Waals surface area (Å²) in [6.07, 6.45) is 11.3. The summed E-state index contributed by atoms with van der Waals surface area (Å²) >= 11 is 0. The molecular formula is C23H42N4O2. The first-order valence-electron chi connectivity index (χ1n) is 12.1. The molecule has 6 heteroatoms. The lowest BCUT2D eigenvalue weighted by Crippen LogP contribution is -2.43. The first-order valence-corrected chi connectivity index (χ1v) is 12.1. The molecule has 166 valence electrons. The van der Waals surface area contributed by atoms with E-state index in [-0.39, 0.29) is 11.9 Å². The molecule has 3 atom stereocenters. The van der Waals surface area contributed by atoms with Gasteiger partial charge in [-0.3, -0.25) is 9.59 Å². The van der Waals surface area contributed by atoms with E-state index in [9.17, 15) is 9.59 Å². The maximum atomic E-state index is 12.7. The van der Waals surface area contributed by atoms with Gasteiger partial charge in [-0.15, -0.1) is 0 Å². The van der Waals surface area contributed by atoms with Crippen LogP contribution in [0.4, 0.5) is 0 Å². The fraction of sp³-hybridized carbons (Fsp3) is 0.913. The van der Waals surface area contributed by atoms with E-state index in [1.807, 2.05) is 7.05 Å². The van der Waals surface area contributed by atoms with Gasteiger partial charge in [0.25, 0.3) is 0 Å². The standard InChI is InChI=1S/C23H42N4O2/c1-17-20(16-24-2)15-21(26-17)22(28)25-12-6-7-18-10-13-27(14-11-18)23(29)19-8-4-3-5-9-19/h17-21,24,26H,3-16H2,1-2H3,(H,25,28). The van der Waals surface area contributed by atoms with E-state index in [1.54, 1.807) is 0 Å². The Labute approximate surface area is 176 Å². The first-order chi connectivity index (χ1) is 14.1. The molecule has 3 unspecified atom stereocenters. The number of hydrogen-bond acceptors (Lipinski definition) is 4. The zero-order valence-corrected chi connectivity index (χ0v) is 18.5. The van der Waals surface area contributed by atoms with Gasteiger partial charge in [0, 0.05) is 31.6 Å². The summed E-state index contributed by atoms with van der Waals surface area (Å²) in [4.78, 5) is 27.2. The largest absolute Gasteiger partial charge is 0.355 e. The number of carbonyl (C=O) groups is 2. The van der Waals surface area contributed by atoms with Crippen molar-refractivity contribution >= 4 is 11.8 Å². The highest BCUT2D eigenvalue weighted by atomic mass is 16.2. The third-order valence-corrected chi connectivity index (χ3v) is 7.46. The number of amides is 2. The average Bonchev–Trinajstić information content (AvgIpc) is 3.12. The van der Waals surface area contributed by atoms with Crippen LogP contribution in [0.1, 0.15) is 71.1 Å². The molecule has 0 bridgehead atoms. The van der Waals surface area contributed by atoms with Gasteiger partial charge in [-0.2, -0.15) is 0 Å². The Morgan fingerprint density at radius 1 is 1.07 bits per heavy atom. The highest BCUT2D eigenvalue weighted by Crippen LogP contribution is 2.28. The SMILES string of the molecule is CNCC1CC(C(=O)NCCCC2CCN(C(=O)C3CCCCC3)CC2)NC1C. The maximum Gasteiger partial charge on any atom is 0.237 e. The second-order valence-corrected chi connectivity index (χ2v) is 9.60. The second-order valence-electron chi connectivity index (χ2n) is 9.60. The summed E-state index contributed by atoms with van der Waals surface area (Å²) < 4.78 is 0. The first kappa shape index (κ1) is 22.5. The van der Waals surface area contributed by atoms with Gasteiger partial charge in [0.05, 0.1) is 6.04 Å².